The second-order valence-electron chi connectivity index (χ2n) is 4.87. The van der Waals surface area contributed by atoms with Crippen LogP contribution in [0.4, 0.5) is 0 Å². The Balaban J connectivity index is 2.18. The van der Waals surface area contributed by atoms with Crippen LogP contribution in [0, 0.1) is 11.3 Å². The molecular formula is C12H17NO2S. The third-order valence-electron chi connectivity index (χ3n) is 3.65. The Morgan fingerprint density at radius 3 is 2.81 bits per heavy atom. The first-order chi connectivity index (χ1) is 7.52. The molecular weight excluding hydrogens is 222 g/mol. The Labute approximate surface area is 99.6 Å². The molecule has 0 bridgehead atoms. The van der Waals surface area contributed by atoms with Gasteiger partial charge >= 0.3 is 5.97 Å². The van der Waals surface area contributed by atoms with Gasteiger partial charge in [0.25, 0.3) is 0 Å². The normalized spacial score (nSPS) is 26.5. The summed E-state index contributed by atoms with van der Waals surface area (Å²) in [7, 11) is 1.41. The van der Waals surface area contributed by atoms with E-state index in [0.29, 0.717) is 23.9 Å². The van der Waals surface area contributed by atoms with Crippen molar-refractivity contribution in [2.24, 2.45) is 17.1 Å². The zero-order valence-corrected chi connectivity index (χ0v) is 10.6. The Kier molecular flexibility index (Phi) is 2.80. The predicted molar refractivity (Wildman–Crippen MR) is 64.7 cm³/mol. The summed E-state index contributed by atoms with van der Waals surface area (Å²) < 4.78 is 4.70. The number of carbonyl (C=O) groups is 1. The van der Waals surface area contributed by atoms with Crippen molar-refractivity contribution in [3.8, 4) is 0 Å². The Hall–Kier alpha value is -0.870. The van der Waals surface area contributed by atoms with Crippen LogP contribution in [-0.2, 0) is 4.74 Å². The zero-order chi connectivity index (χ0) is 11.9. The monoisotopic (exact) mass is 239 g/mol. The van der Waals surface area contributed by atoms with Crippen LogP contribution in [0.5, 0.6) is 0 Å². The molecule has 1 aromatic rings. The van der Waals surface area contributed by atoms with Crippen LogP contribution in [0.3, 0.4) is 0 Å². The molecule has 1 aliphatic carbocycles. The van der Waals surface area contributed by atoms with Gasteiger partial charge in [-0.2, -0.15) is 0 Å². The molecule has 0 radical (unpaired) electrons. The van der Waals surface area contributed by atoms with Gasteiger partial charge < -0.3 is 10.5 Å². The van der Waals surface area contributed by atoms with E-state index in [9.17, 15) is 4.79 Å². The summed E-state index contributed by atoms with van der Waals surface area (Å²) in [6.45, 7) is 5.17. The highest BCUT2D eigenvalue weighted by atomic mass is 32.1. The number of thiophene rings is 1. The van der Waals surface area contributed by atoms with Crippen LogP contribution in [0.25, 0.3) is 0 Å². The van der Waals surface area contributed by atoms with Crippen LogP contribution in [-0.4, -0.2) is 19.6 Å². The molecule has 0 amide bonds. The number of nitrogens with two attached hydrogens (primary N) is 1. The fraction of sp³-hybridized carbons (Fsp3) is 0.583. The van der Waals surface area contributed by atoms with Crippen LogP contribution >= 0.6 is 11.3 Å². The molecule has 4 heteroatoms. The molecule has 16 heavy (non-hydrogen) atoms. The van der Waals surface area contributed by atoms with E-state index >= 15 is 0 Å². The van der Waals surface area contributed by atoms with E-state index in [0.717, 1.165) is 0 Å². The lowest BCUT2D eigenvalue weighted by molar-refractivity contribution is 0.0601. The van der Waals surface area contributed by atoms with Crippen LogP contribution in [0.2, 0.25) is 0 Å². The Bertz CT molecular complexity index is 411. The number of methoxy groups -OCH3 is 1. The maximum absolute atomic E-state index is 11.3. The number of ether oxygens (including phenoxy) is 1. The zero-order valence-electron chi connectivity index (χ0n) is 9.82. The third kappa shape index (κ3) is 1.66. The second kappa shape index (κ2) is 3.86. The number of hydrogen-bond acceptors (Lipinski definition) is 4. The molecule has 1 heterocycles. The molecule has 0 aromatic carbocycles. The minimum atomic E-state index is -0.259. The highest BCUT2D eigenvalue weighted by molar-refractivity contribution is 7.10. The summed E-state index contributed by atoms with van der Waals surface area (Å²) >= 11 is 1.63. The summed E-state index contributed by atoms with van der Waals surface area (Å²) in [5.74, 6) is 0.780. The summed E-state index contributed by atoms with van der Waals surface area (Å²) in [6, 6.07) is 1.94. The average molecular weight is 239 g/mol. The van der Waals surface area contributed by atoms with Gasteiger partial charge in [-0.05, 0) is 23.9 Å². The SMILES string of the molecule is COC(=O)c1csc(C2C(CN)C2(C)C)c1. The molecule has 0 aliphatic heterocycles. The van der Waals surface area contributed by atoms with Crippen molar-refractivity contribution in [3.05, 3.63) is 21.9 Å². The molecule has 3 nitrogen and oxygen atoms in total. The predicted octanol–water partition coefficient (Wildman–Crippen LogP) is 2.23. The van der Waals surface area contributed by atoms with Crippen molar-refractivity contribution in [1.82, 2.24) is 0 Å². The molecule has 2 atom stereocenters. The molecule has 2 rings (SSSR count). The van der Waals surface area contributed by atoms with E-state index < -0.39 is 0 Å². The first-order valence-electron chi connectivity index (χ1n) is 5.39. The fourth-order valence-electron chi connectivity index (χ4n) is 2.49. The highest BCUT2D eigenvalue weighted by Crippen LogP contribution is 2.64. The first kappa shape index (κ1) is 11.6. The highest BCUT2D eigenvalue weighted by Gasteiger charge is 2.57. The summed E-state index contributed by atoms with van der Waals surface area (Å²) in [4.78, 5) is 12.6. The van der Waals surface area contributed by atoms with E-state index in [1.165, 1.54) is 12.0 Å². The van der Waals surface area contributed by atoms with Crippen LogP contribution < -0.4 is 5.73 Å². The van der Waals surface area contributed by atoms with Crippen molar-refractivity contribution >= 4 is 17.3 Å². The minimum Gasteiger partial charge on any atom is -0.465 e. The Morgan fingerprint density at radius 2 is 2.31 bits per heavy atom. The van der Waals surface area contributed by atoms with Crippen molar-refractivity contribution in [2.75, 3.05) is 13.7 Å². The van der Waals surface area contributed by atoms with E-state index in [2.05, 4.69) is 13.8 Å². The average Bonchev–Trinajstić information content (AvgIpc) is 2.67. The van der Waals surface area contributed by atoms with Gasteiger partial charge in [-0.1, -0.05) is 13.8 Å². The number of hydrogen-bond donors (Lipinski definition) is 1. The first-order valence-corrected chi connectivity index (χ1v) is 6.27. The van der Waals surface area contributed by atoms with Gasteiger partial charge in [-0.3, -0.25) is 0 Å². The van der Waals surface area contributed by atoms with Crippen molar-refractivity contribution in [1.29, 1.82) is 0 Å². The molecule has 1 aromatic heterocycles. The lowest BCUT2D eigenvalue weighted by Crippen LogP contribution is -2.05. The van der Waals surface area contributed by atoms with Crippen molar-refractivity contribution < 1.29 is 9.53 Å². The molecule has 1 aliphatic rings. The molecule has 1 saturated carbocycles. The molecule has 2 unspecified atom stereocenters. The van der Waals surface area contributed by atoms with Gasteiger partial charge in [0.15, 0.2) is 0 Å². The van der Waals surface area contributed by atoms with E-state index in [4.69, 9.17) is 10.5 Å². The quantitative estimate of drug-likeness (QED) is 0.823. The molecule has 0 saturated heterocycles. The van der Waals surface area contributed by atoms with Gasteiger partial charge in [0.05, 0.1) is 12.7 Å². The molecule has 2 N–H and O–H groups in total. The number of carbonyl (C=O) groups excluding carboxylic acids is 1. The van der Waals surface area contributed by atoms with E-state index in [1.807, 2.05) is 11.4 Å². The summed E-state index contributed by atoms with van der Waals surface area (Å²) in [5.41, 5.74) is 6.67. The van der Waals surface area contributed by atoms with Crippen molar-refractivity contribution in [2.45, 2.75) is 19.8 Å². The lowest BCUT2D eigenvalue weighted by atomic mass is 10.1. The van der Waals surface area contributed by atoms with E-state index in [-0.39, 0.29) is 11.4 Å². The smallest absolute Gasteiger partial charge is 0.338 e. The van der Waals surface area contributed by atoms with Gasteiger partial charge in [-0.25, -0.2) is 4.79 Å². The maximum atomic E-state index is 11.3. The fourth-order valence-corrected chi connectivity index (χ4v) is 3.73. The van der Waals surface area contributed by atoms with Crippen molar-refractivity contribution in [3.63, 3.8) is 0 Å². The molecule has 88 valence electrons. The third-order valence-corrected chi connectivity index (χ3v) is 4.67. The van der Waals surface area contributed by atoms with E-state index in [1.54, 1.807) is 11.3 Å². The van der Waals surface area contributed by atoms with Crippen LogP contribution in [0.15, 0.2) is 11.4 Å². The summed E-state index contributed by atoms with van der Waals surface area (Å²) in [6.07, 6.45) is 0. The number of rotatable bonds is 3. The maximum Gasteiger partial charge on any atom is 0.338 e. The Morgan fingerprint density at radius 1 is 1.62 bits per heavy atom. The topological polar surface area (TPSA) is 52.3 Å². The van der Waals surface area contributed by atoms with Gasteiger partial charge in [0.1, 0.15) is 0 Å². The van der Waals surface area contributed by atoms with Crippen LogP contribution in [0.1, 0.15) is 35.0 Å². The van der Waals surface area contributed by atoms with Gasteiger partial charge in [0.2, 0.25) is 0 Å². The lowest BCUT2D eigenvalue weighted by Gasteiger charge is -1.99. The second-order valence-corrected chi connectivity index (χ2v) is 5.81. The number of esters is 1. The standard InChI is InChI=1S/C12H17NO2S/c1-12(2)8(5-13)10(12)9-4-7(6-16-9)11(14)15-3/h4,6,8,10H,5,13H2,1-3H3. The largest absolute Gasteiger partial charge is 0.465 e. The summed E-state index contributed by atoms with van der Waals surface area (Å²) in [5, 5.41) is 1.86. The van der Waals surface area contributed by atoms with Gasteiger partial charge in [0, 0.05) is 16.2 Å². The molecule has 0 spiro atoms. The van der Waals surface area contributed by atoms with Gasteiger partial charge in [-0.15, -0.1) is 11.3 Å². The molecule has 1 fully saturated rings. The minimum absolute atomic E-state index is 0.259.